The van der Waals surface area contributed by atoms with Crippen molar-refractivity contribution in [3.8, 4) is 5.75 Å². The summed E-state index contributed by atoms with van der Waals surface area (Å²) >= 11 is 0. The maximum Gasteiger partial charge on any atom is 0.257 e. The van der Waals surface area contributed by atoms with E-state index in [-0.39, 0.29) is 24.3 Å². The van der Waals surface area contributed by atoms with Crippen LogP contribution in [0.3, 0.4) is 0 Å². The van der Waals surface area contributed by atoms with Crippen LogP contribution >= 0.6 is 0 Å². The zero-order valence-electron chi connectivity index (χ0n) is 10.7. The smallest absolute Gasteiger partial charge is 0.257 e. The summed E-state index contributed by atoms with van der Waals surface area (Å²) in [5.41, 5.74) is 6.54. The van der Waals surface area contributed by atoms with E-state index in [1.165, 1.54) is 13.1 Å². The Kier molecular flexibility index (Phi) is 5.58. The van der Waals surface area contributed by atoms with Gasteiger partial charge in [-0.05, 0) is 24.5 Å². The van der Waals surface area contributed by atoms with Gasteiger partial charge in [0.05, 0.1) is 0 Å². The molecule has 0 spiro atoms. The van der Waals surface area contributed by atoms with Gasteiger partial charge >= 0.3 is 0 Å². The van der Waals surface area contributed by atoms with E-state index in [0.29, 0.717) is 12.0 Å². The summed E-state index contributed by atoms with van der Waals surface area (Å²) in [5.74, 6) is -0.659. The lowest BCUT2D eigenvalue weighted by atomic mass is 10.0. The van der Waals surface area contributed by atoms with Crippen LogP contribution in [0.15, 0.2) is 18.2 Å². The van der Waals surface area contributed by atoms with Gasteiger partial charge in [0.1, 0.15) is 0 Å². The van der Waals surface area contributed by atoms with Crippen molar-refractivity contribution >= 4 is 5.91 Å². The van der Waals surface area contributed by atoms with Gasteiger partial charge in [0.15, 0.2) is 18.2 Å². The molecule has 4 nitrogen and oxygen atoms in total. The highest BCUT2D eigenvalue weighted by Crippen LogP contribution is 2.24. The molecule has 100 valence electrons. The number of hydrogen-bond acceptors (Lipinski definition) is 3. The Morgan fingerprint density at radius 2 is 2.28 bits per heavy atom. The van der Waals surface area contributed by atoms with E-state index in [1.807, 2.05) is 6.92 Å². The average Bonchev–Trinajstić information content (AvgIpc) is 2.37. The van der Waals surface area contributed by atoms with Gasteiger partial charge in [0.2, 0.25) is 0 Å². The van der Waals surface area contributed by atoms with Crippen molar-refractivity contribution in [2.75, 3.05) is 13.7 Å². The van der Waals surface area contributed by atoms with Gasteiger partial charge in [-0.3, -0.25) is 4.79 Å². The molecule has 0 bridgehead atoms. The zero-order chi connectivity index (χ0) is 13.5. The number of halogens is 1. The number of rotatable bonds is 6. The number of nitrogens with two attached hydrogens (primary N) is 1. The highest BCUT2D eigenvalue weighted by atomic mass is 19.1. The predicted octanol–water partition coefficient (Wildman–Crippen LogP) is 1.23. The molecule has 0 aliphatic heterocycles. The molecule has 0 fully saturated rings. The largest absolute Gasteiger partial charge is 0.480 e. The van der Waals surface area contributed by atoms with Crippen LogP contribution in [0.1, 0.15) is 18.9 Å². The summed E-state index contributed by atoms with van der Waals surface area (Å²) < 4.78 is 18.9. The summed E-state index contributed by atoms with van der Waals surface area (Å²) in [6.07, 6.45) is 1.32. The van der Waals surface area contributed by atoms with Gasteiger partial charge in [0, 0.05) is 13.1 Å². The van der Waals surface area contributed by atoms with Crippen LogP contribution in [0, 0.1) is 5.82 Å². The monoisotopic (exact) mass is 254 g/mol. The van der Waals surface area contributed by atoms with Crippen molar-refractivity contribution in [1.82, 2.24) is 5.32 Å². The van der Waals surface area contributed by atoms with Crippen molar-refractivity contribution in [3.63, 3.8) is 0 Å². The lowest BCUT2D eigenvalue weighted by molar-refractivity contribution is -0.122. The first-order valence-corrected chi connectivity index (χ1v) is 5.94. The van der Waals surface area contributed by atoms with Crippen LogP contribution in [-0.4, -0.2) is 25.6 Å². The predicted molar refractivity (Wildman–Crippen MR) is 67.9 cm³/mol. The zero-order valence-corrected chi connectivity index (χ0v) is 10.7. The second-order valence-electron chi connectivity index (χ2n) is 4.06. The van der Waals surface area contributed by atoms with Gasteiger partial charge in [-0.25, -0.2) is 4.39 Å². The second kappa shape index (κ2) is 6.96. The second-order valence-corrected chi connectivity index (χ2v) is 4.06. The lowest BCUT2D eigenvalue weighted by Gasteiger charge is -2.14. The van der Waals surface area contributed by atoms with Crippen molar-refractivity contribution in [2.45, 2.75) is 25.8 Å². The first kappa shape index (κ1) is 14.4. The SMILES string of the molecule is CCC(N)Cc1cccc(F)c1OCC(=O)NC. The molecule has 3 N–H and O–H groups in total. The van der Waals surface area contributed by atoms with Crippen LogP contribution in [-0.2, 0) is 11.2 Å². The van der Waals surface area contributed by atoms with Crippen LogP contribution in [0.4, 0.5) is 4.39 Å². The molecular formula is C13H19FN2O2. The molecule has 1 rings (SSSR count). The van der Waals surface area contributed by atoms with Gasteiger partial charge in [-0.15, -0.1) is 0 Å². The van der Waals surface area contributed by atoms with E-state index in [0.717, 1.165) is 6.42 Å². The molecule has 1 unspecified atom stereocenters. The standard InChI is InChI=1S/C13H19FN2O2/c1-3-10(15)7-9-5-4-6-11(14)13(9)18-8-12(17)16-2/h4-6,10H,3,7-8,15H2,1-2H3,(H,16,17). The topological polar surface area (TPSA) is 64.3 Å². The third kappa shape index (κ3) is 4.00. The first-order chi connectivity index (χ1) is 8.58. The number of amides is 1. The summed E-state index contributed by atoms with van der Waals surface area (Å²) in [5, 5.41) is 2.42. The van der Waals surface area contributed by atoms with E-state index < -0.39 is 5.82 Å². The number of benzene rings is 1. The Hall–Kier alpha value is -1.62. The molecule has 0 aromatic heterocycles. The minimum atomic E-state index is -0.472. The fraction of sp³-hybridized carbons (Fsp3) is 0.462. The average molecular weight is 254 g/mol. The van der Waals surface area contributed by atoms with Crippen molar-refractivity contribution < 1.29 is 13.9 Å². The summed E-state index contributed by atoms with van der Waals surface area (Å²) in [4.78, 5) is 11.1. The molecule has 0 aliphatic rings. The minimum Gasteiger partial charge on any atom is -0.480 e. The van der Waals surface area contributed by atoms with E-state index in [2.05, 4.69) is 5.32 Å². The van der Waals surface area contributed by atoms with Gasteiger partial charge in [-0.1, -0.05) is 19.1 Å². The number of nitrogens with one attached hydrogen (secondary N) is 1. The Balaban J connectivity index is 2.83. The third-order valence-electron chi connectivity index (χ3n) is 2.68. The normalized spacial score (nSPS) is 12.0. The molecule has 5 heteroatoms. The van der Waals surface area contributed by atoms with Crippen LogP contribution in [0.2, 0.25) is 0 Å². The molecule has 0 aliphatic carbocycles. The molecule has 1 atom stereocenters. The molecule has 1 aromatic rings. The third-order valence-corrected chi connectivity index (χ3v) is 2.68. The Bertz CT molecular complexity index is 410. The van der Waals surface area contributed by atoms with Crippen molar-refractivity contribution in [1.29, 1.82) is 0 Å². The van der Waals surface area contributed by atoms with Crippen LogP contribution in [0.5, 0.6) is 5.75 Å². The van der Waals surface area contributed by atoms with E-state index in [9.17, 15) is 9.18 Å². The van der Waals surface area contributed by atoms with Crippen LogP contribution in [0.25, 0.3) is 0 Å². The molecule has 0 saturated carbocycles. The number of carbonyl (C=O) groups excluding carboxylic acids is 1. The number of ether oxygens (including phenoxy) is 1. The Morgan fingerprint density at radius 1 is 1.56 bits per heavy atom. The fourth-order valence-electron chi connectivity index (χ4n) is 1.51. The number of likely N-dealkylation sites (N-methyl/N-ethyl adjacent to an activating group) is 1. The summed E-state index contributed by atoms with van der Waals surface area (Å²) in [7, 11) is 1.50. The highest BCUT2D eigenvalue weighted by molar-refractivity contribution is 5.77. The number of hydrogen-bond donors (Lipinski definition) is 2. The molecule has 0 radical (unpaired) electrons. The Labute approximate surface area is 106 Å². The summed E-state index contributed by atoms with van der Waals surface area (Å²) in [6.45, 7) is 1.76. The molecule has 0 saturated heterocycles. The van der Waals surface area contributed by atoms with E-state index >= 15 is 0 Å². The molecule has 1 aromatic carbocycles. The molecular weight excluding hydrogens is 235 g/mol. The molecule has 0 heterocycles. The maximum atomic E-state index is 13.7. The van der Waals surface area contributed by atoms with Gasteiger partial charge in [0.25, 0.3) is 5.91 Å². The van der Waals surface area contributed by atoms with E-state index in [1.54, 1.807) is 12.1 Å². The fourth-order valence-corrected chi connectivity index (χ4v) is 1.51. The maximum absolute atomic E-state index is 13.7. The van der Waals surface area contributed by atoms with Crippen molar-refractivity contribution in [3.05, 3.63) is 29.6 Å². The van der Waals surface area contributed by atoms with Crippen molar-refractivity contribution in [2.24, 2.45) is 5.73 Å². The lowest BCUT2D eigenvalue weighted by Crippen LogP contribution is -2.26. The van der Waals surface area contributed by atoms with Gasteiger partial charge < -0.3 is 15.8 Å². The molecule has 1 amide bonds. The van der Waals surface area contributed by atoms with Gasteiger partial charge in [-0.2, -0.15) is 0 Å². The molecule has 18 heavy (non-hydrogen) atoms. The minimum absolute atomic E-state index is 0.0471. The summed E-state index contributed by atoms with van der Waals surface area (Å²) in [6, 6.07) is 4.63. The quantitative estimate of drug-likeness (QED) is 0.802. The number of para-hydroxylation sites is 1. The Morgan fingerprint density at radius 3 is 2.89 bits per heavy atom. The number of carbonyl (C=O) groups is 1. The van der Waals surface area contributed by atoms with E-state index in [4.69, 9.17) is 10.5 Å². The first-order valence-electron chi connectivity index (χ1n) is 5.94. The van der Waals surface area contributed by atoms with Crippen LogP contribution < -0.4 is 15.8 Å². The highest BCUT2D eigenvalue weighted by Gasteiger charge is 2.13.